The second kappa shape index (κ2) is 8.99. The van der Waals surface area contributed by atoms with Gasteiger partial charge < -0.3 is 19.9 Å². The molecule has 0 saturated heterocycles. The van der Waals surface area contributed by atoms with Gasteiger partial charge in [0.05, 0.1) is 13.0 Å². The Morgan fingerprint density at radius 1 is 1.17 bits per heavy atom. The van der Waals surface area contributed by atoms with Gasteiger partial charge in [-0.1, -0.05) is 18.2 Å². The van der Waals surface area contributed by atoms with Gasteiger partial charge in [-0.2, -0.15) is 13.2 Å². The van der Waals surface area contributed by atoms with Crippen LogP contribution in [0.2, 0.25) is 0 Å². The maximum Gasteiger partial charge on any atom is 0.391 e. The van der Waals surface area contributed by atoms with E-state index in [-0.39, 0.29) is 13.2 Å². The summed E-state index contributed by atoms with van der Waals surface area (Å²) in [5, 5.41) is 10.4. The summed E-state index contributed by atoms with van der Waals surface area (Å²) in [6, 6.07) is 6.77. The van der Waals surface area contributed by atoms with E-state index in [1.165, 1.54) is 0 Å². The van der Waals surface area contributed by atoms with Gasteiger partial charge in [0, 0.05) is 0 Å². The van der Waals surface area contributed by atoms with E-state index in [0.29, 0.717) is 5.75 Å². The Morgan fingerprint density at radius 3 is 2.39 bits per heavy atom. The van der Waals surface area contributed by atoms with Gasteiger partial charge in [-0.3, -0.25) is 4.79 Å². The van der Waals surface area contributed by atoms with Gasteiger partial charge in [-0.15, -0.1) is 0 Å². The number of carboxylic acids is 1. The average Bonchev–Trinajstić information content (AvgIpc) is 2.46. The number of carboxylic acid groups (broad SMARTS) is 1. The minimum absolute atomic E-state index is 0.0271. The number of aliphatic carboxylic acids is 1. The molecule has 1 unspecified atom stereocenters. The molecule has 128 valence electrons. The normalized spacial score (nSPS) is 12.5. The molecule has 0 bridgehead atoms. The molecule has 0 saturated carbocycles. The molecule has 1 rings (SSSR count). The molecule has 1 aromatic carbocycles. The van der Waals surface area contributed by atoms with Crippen LogP contribution in [-0.4, -0.2) is 49.0 Å². The average molecular weight is 335 g/mol. The van der Waals surface area contributed by atoms with Crippen LogP contribution >= 0.6 is 0 Å². The quantitative estimate of drug-likeness (QED) is 0.670. The van der Waals surface area contributed by atoms with Crippen LogP contribution in [0.5, 0.6) is 5.75 Å². The van der Waals surface area contributed by atoms with Crippen LogP contribution < -0.4 is 10.1 Å². The van der Waals surface area contributed by atoms with Crippen LogP contribution in [0.3, 0.4) is 0 Å². The van der Waals surface area contributed by atoms with Gasteiger partial charge >= 0.3 is 12.1 Å². The number of benzene rings is 1. The SMILES string of the molecule is O=C(COCCOc1ccccc1)NC(CC(F)(F)F)C(=O)O. The van der Waals surface area contributed by atoms with E-state index in [1.807, 2.05) is 6.07 Å². The zero-order chi connectivity index (χ0) is 17.3. The number of rotatable bonds is 9. The molecular formula is C14H16F3NO5. The number of carbonyl (C=O) groups excluding carboxylic acids is 1. The number of alkyl halides is 3. The topological polar surface area (TPSA) is 84.9 Å². The van der Waals surface area contributed by atoms with Crippen molar-refractivity contribution in [1.29, 1.82) is 0 Å². The van der Waals surface area contributed by atoms with Gasteiger partial charge in [0.15, 0.2) is 0 Å². The Balaban J connectivity index is 2.23. The Bertz CT molecular complexity index is 507. The zero-order valence-electron chi connectivity index (χ0n) is 12.0. The highest BCUT2D eigenvalue weighted by molar-refractivity contribution is 5.84. The predicted octanol–water partition coefficient (Wildman–Crippen LogP) is 1.60. The van der Waals surface area contributed by atoms with E-state index in [4.69, 9.17) is 14.6 Å². The standard InChI is InChI=1S/C14H16F3NO5/c15-14(16,17)8-11(13(20)21)18-12(19)9-22-6-7-23-10-4-2-1-3-5-10/h1-5,11H,6-9H2,(H,18,19)(H,20,21). The molecule has 0 spiro atoms. The highest BCUT2D eigenvalue weighted by Gasteiger charge is 2.36. The van der Waals surface area contributed by atoms with Crippen molar-refractivity contribution in [2.75, 3.05) is 19.8 Å². The summed E-state index contributed by atoms with van der Waals surface area (Å²) in [6.45, 7) is -0.388. The van der Waals surface area contributed by atoms with Gasteiger partial charge in [0.1, 0.15) is 25.0 Å². The molecule has 0 heterocycles. The lowest BCUT2D eigenvalue weighted by atomic mass is 10.2. The largest absolute Gasteiger partial charge is 0.491 e. The Morgan fingerprint density at radius 2 is 1.83 bits per heavy atom. The zero-order valence-corrected chi connectivity index (χ0v) is 12.0. The molecule has 0 aromatic heterocycles. The number of carbonyl (C=O) groups is 2. The van der Waals surface area contributed by atoms with Crippen LogP contribution in [0.1, 0.15) is 6.42 Å². The Hall–Kier alpha value is -2.29. The van der Waals surface area contributed by atoms with Gasteiger partial charge in [-0.25, -0.2) is 4.79 Å². The summed E-state index contributed by atoms with van der Waals surface area (Å²) in [7, 11) is 0. The molecule has 6 nitrogen and oxygen atoms in total. The highest BCUT2D eigenvalue weighted by Crippen LogP contribution is 2.21. The third-order valence-electron chi connectivity index (χ3n) is 2.54. The summed E-state index contributed by atoms with van der Waals surface area (Å²) >= 11 is 0. The van der Waals surface area contributed by atoms with Gasteiger partial charge in [-0.05, 0) is 12.1 Å². The van der Waals surface area contributed by atoms with E-state index in [1.54, 1.807) is 29.6 Å². The van der Waals surface area contributed by atoms with Crippen molar-refractivity contribution in [3.05, 3.63) is 30.3 Å². The lowest BCUT2D eigenvalue weighted by Crippen LogP contribution is -2.45. The minimum Gasteiger partial charge on any atom is -0.491 e. The second-order valence-electron chi connectivity index (χ2n) is 4.49. The number of hydrogen-bond acceptors (Lipinski definition) is 4. The number of para-hydroxylation sites is 1. The lowest BCUT2D eigenvalue weighted by Gasteiger charge is -2.16. The maximum atomic E-state index is 12.2. The Kier molecular flexibility index (Phi) is 7.33. The lowest BCUT2D eigenvalue weighted by molar-refractivity contribution is -0.160. The van der Waals surface area contributed by atoms with Gasteiger partial charge in [0.2, 0.25) is 5.91 Å². The predicted molar refractivity (Wildman–Crippen MR) is 73.0 cm³/mol. The molecule has 0 aliphatic rings. The summed E-state index contributed by atoms with van der Waals surface area (Å²) in [5.41, 5.74) is 0. The minimum atomic E-state index is -4.69. The first-order valence-corrected chi connectivity index (χ1v) is 6.62. The molecule has 0 aliphatic carbocycles. The van der Waals surface area contributed by atoms with E-state index >= 15 is 0 Å². The molecule has 1 atom stereocenters. The second-order valence-corrected chi connectivity index (χ2v) is 4.49. The van der Waals surface area contributed by atoms with E-state index in [0.717, 1.165) is 0 Å². The first kappa shape index (κ1) is 18.8. The van der Waals surface area contributed by atoms with E-state index < -0.39 is 37.1 Å². The molecule has 23 heavy (non-hydrogen) atoms. The summed E-state index contributed by atoms with van der Waals surface area (Å²) in [4.78, 5) is 22.0. The van der Waals surface area contributed by atoms with E-state index in [9.17, 15) is 22.8 Å². The van der Waals surface area contributed by atoms with Crippen molar-refractivity contribution in [1.82, 2.24) is 5.32 Å². The molecule has 9 heteroatoms. The number of hydrogen-bond donors (Lipinski definition) is 2. The van der Waals surface area contributed by atoms with Crippen LogP contribution in [0.25, 0.3) is 0 Å². The maximum absolute atomic E-state index is 12.2. The fourth-order valence-corrected chi connectivity index (χ4v) is 1.57. The molecule has 2 N–H and O–H groups in total. The monoisotopic (exact) mass is 335 g/mol. The summed E-state index contributed by atoms with van der Waals surface area (Å²) in [5.74, 6) is -2.10. The van der Waals surface area contributed by atoms with Crippen LogP contribution in [-0.2, 0) is 14.3 Å². The fourth-order valence-electron chi connectivity index (χ4n) is 1.57. The number of ether oxygens (including phenoxy) is 2. The summed E-state index contributed by atoms with van der Waals surface area (Å²) < 4.78 is 46.7. The smallest absolute Gasteiger partial charge is 0.391 e. The molecule has 0 aliphatic heterocycles. The number of amides is 1. The van der Waals surface area contributed by atoms with E-state index in [2.05, 4.69) is 0 Å². The van der Waals surface area contributed by atoms with Crippen molar-refractivity contribution in [3.8, 4) is 5.75 Å². The molecule has 1 amide bonds. The first-order valence-electron chi connectivity index (χ1n) is 6.62. The fraction of sp³-hybridized carbons (Fsp3) is 0.429. The highest BCUT2D eigenvalue weighted by atomic mass is 19.4. The third-order valence-corrected chi connectivity index (χ3v) is 2.54. The van der Waals surface area contributed by atoms with Crippen LogP contribution in [0, 0.1) is 0 Å². The molecule has 0 radical (unpaired) electrons. The number of halogens is 3. The molecule has 1 aromatic rings. The van der Waals surface area contributed by atoms with Gasteiger partial charge in [0.25, 0.3) is 0 Å². The molecule has 0 fully saturated rings. The van der Waals surface area contributed by atoms with Crippen LogP contribution in [0.4, 0.5) is 13.2 Å². The van der Waals surface area contributed by atoms with Crippen molar-refractivity contribution < 1.29 is 37.3 Å². The summed E-state index contributed by atoms with van der Waals surface area (Å²) in [6.07, 6.45) is -6.34. The first-order chi connectivity index (χ1) is 10.8. The third kappa shape index (κ3) is 8.67. The van der Waals surface area contributed by atoms with Crippen molar-refractivity contribution in [2.45, 2.75) is 18.6 Å². The van der Waals surface area contributed by atoms with Crippen molar-refractivity contribution in [3.63, 3.8) is 0 Å². The number of nitrogens with one attached hydrogen (secondary N) is 1. The van der Waals surface area contributed by atoms with Crippen molar-refractivity contribution in [2.24, 2.45) is 0 Å². The Labute approximate surface area is 130 Å². The van der Waals surface area contributed by atoms with Crippen LogP contribution in [0.15, 0.2) is 30.3 Å². The van der Waals surface area contributed by atoms with Crippen molar-refractivity contribution >= 4 is 11.9 Å². The molecular weight excluding hydrogens is 319 g/mol.